The van der Waals surface area contributed by atoms with Crippen molar-refractivity contribution in [1.29, 1.82) is 0 Å². The predicted molar refractivity (Wildman–Crippen MR) is 69.8 cm³/mol. The van der Waals surface area contributed by atoms with E-state index in [4.69, 9.17) is 9.15 Å². The number of aliphatic hydroxyl groups is 1. The maximum atomic E-state index is 12.1. The molecule has 0 radical (unpaired) electrons. The van der Waals surface area contributed by atoms with E-state index in [0.717, 1.165) is 0 Å². The van der Waals surface area contributed by atoms with Gasteiger partial charge in [-0.2, -0.15) is 0 Å². The molecule has 0 aromatic carbocycles. The second-order valence-electron chi connectivity index (χ2n) is 5.58. The van der Waals surface area contributed by atoms with Crippen molar-refractivity contribution in [3.05, 3.63) is 24.2 Å². The minimum atomic E-state index is -0.638. The van der Waals surface area contributed by atoms with E-state index in [-0.39, 0.29) is 24.0 Å². The molecule has 1 aromatic heterocycles. The van der Waals surface area contributed by atoms with Crippen LogP contribution in [0, 0.1) is 5.41 Å². The predicted octanol–water partition coefficient (Wildman–Crippen LogP) is 1.58. The molecule has 2 atom stereocenters. The van der Waals surface area contributed by atoms with Gasteiger partial charge in [0.1, 0.15) is 6.26 Å². The monoisotopic (exact) mass is 267 g/mol. The number of aliphatic hydroxyl groups excluding tert-OH is 1. The fourth-order valence-electron chi connectivity index (χ4n) is 2.68. The lowest BCUT2D eigenvalue weighted by Gasteiger charge is -2.60. The van der Waals surface area contributed by atoms with Crippen molar-refractivity contribution in [3.63, 3.8) is 0 Å². The van der Waals surface area contributed by atoms with Gasteiger partial charge < -0.3 is 19.6 Å². The Labute approximate surface area is 112 Å². The van der Waals surface area contributed by atoms with Crippen molar-refractivity contribution in [2.45, 2.75) is 38.8 Å². The molecular formula is C14H21NO4. The molecular weight excluding hydrogens is 246 g/mol. The molecule has 19 heavy (non-hydrogen) atoms. The van der Waals surface area contributed by atoms with Crippen LogP contribution in [0.4, 0.5) is 0 Å². The maximum Gasteiger partial charge on any atom is 0.255 e. The average Bonchev–Trinajstić information content (AvgIpc) is 2.90. The van der Waals surface area contributed by atoms with Gasteiger partial charge >= 0.3 is 0 Å². The third-order valence-electron chi connectivity index (χ3n) is 4.35. The van der Waals surface area contributed by atoms with Crippen LogP contribution in [0.5, 0.6) is 0 Å². The lowest BCUT2D eigenvalue weighted by Crippen LogP contribution is -2.74. The molecule has 1 aliphatic rings. The van der Waals surface area contributed by atoms with Crippen LogP contribution in [0.2, 0.25) is 0 Å². The van der Waals surface area contributed by atoms with Crippen LogP contribution in [0.15, 0.2) is 23.0 Å². The van der Waals surface area contributed by atoms with E-state index in [9.17, 15) is 9.90 Å². The average molecular weight is 267 g/mol. The van der Waals surface area contributed by atoms with Gasteiger partial charge in [0.25, 0.3) is 5.91 Å². The standard InChI is InChI=1S/C14H21NO4/c1-4-19-11-7-14(9-16,13(11,2)3)15-12(17)10-5-6-18-8-10/h5-6,8,11,16H,4,7,9H2,1-3H3,(H,15,17)/t11-,14+/m0/s1. The molecule has 5 heteroatoms. The van der Waals surface area contributed by atoms with Crippen molar-refractivity contribution < 1.29 is 19.1 Å². The summed E-state index contributed by atoms with van der Waals surface area (Å²) in [7, 11) is 0. The molecule has 1 fully saturated rings. The molecule has 5 nitrogen and oxygen atoms in total. The van der Waals surface area contributed by atoms with E-state index in [1.807, 2.05) is 20.8 Å². The van der Waals surface area contributed by atoms with Crippen LogP contribution in [0.3, 0.4) is 0 Å². The highest BCUT2D eigenvalue weighted by molar-refractivity contribution is 5.94. The van der Waals surface area contributed by atoms with Gasteiger partial charge in [0.15, 0.2) is 0 Å². The van der Waals surface area contributed by atoms with E-state index in [1.165, 1.54) is 12.5 Å². The van der Waals surface area contributed by atoms with Crippen LogP contribution < -0.4 is 5.32 Å². The van der Waals surface area contributed by atoms with E-state index < -0.39 is 5.54 Å². The van der Waals surface area contributed by atoms with Gasteiger partial charge in [0.05, 0.1) is 30.1 Å². The van der Waals surface area contributed by atoms with Crippen LogP contribution in [0.25, 0.3) is 0 Å². The number of ether oxygens (including phenoxy) is 1. The molecule has 1 saturated carbocycles. The molecule has 2 rings (SSSR count). The third-order valence-corrected chi connectivity index (χ3v) is 4.35. The summed E-state index contributed by atoms with van der Waals surface area (Å²) in [5.41, 5.74) is -0.485. The summed E-state index contributed by atoms with van der Waals surface area (Å²) in [6, 6.07) is 1.60. The summed E-state index contributed by atoms with van der Waals surface area (Å²) in [6.45, 7) is 6.48. The minimum absolute atomic E-state index is 0.0503. The number of carbonyl (C=O) groups excluding carboxylic acids is 1. The van der Waals surface area contributed by atoms with Crippen LogP contribution in [-0.4, -0.2) is 35.9 Å². The molecule has 106 valence electrons. The number of rotatable bonds is 5. The van der Waals surface area contributed by atoms with Gasteiger partial charge in [0.2, 0.25) is 0 Å². The first-order chi connectivity index (χ1) is 8.97. The Kier molecular flexibility index (Phi) is 3.69. The van der Waals surface area contributed by atoms with Gasteiger partial charge in [-0.05, 0) is 13.0 Å². The second kappa shape index (κ2) is 4.98. The summed E-state index contributed by atoms with van der Waals surface area (Å²) in [5, 5.41) is 12.6. The zero-order valence-electron chi connectivity index (χ0n) is 11.6. The molecule has 1 aliphatic carbocycles. The lowest BCUT2D eigenvalue weighted by molar-refractivity contribution is -0.172. The quantitative estimate of drug-likeness (QED) is 0.849. The first-order valence-corrected chi connectivity index (χ1v) is 6.54. The van der Waals surface area contributed by atoms with Crippen LogP contribution in [0.1, 0.15) is 37.6 Å². The molecule has 1 aromatic rings. The smallest absolute Gasteiger partial charge is 0.255 e. The zero-order valence-corrected chi connectivity index (χ0v) is 11.6. The fourth-order valence-corrected chi connectivity index (χ4v) is 2.68. The highest BCUT2D eigenvalue weighted by Crippen LogP contribution is 2.51. The largest absolute Gasteiger partial charge is 0.472 e. The fraction of sp³-hybridized carbons (Fsp3) is 0.643. The highest BCUT2D eigenvalue weighted by Gasteiger charge is 2.61. The molecule has 0 aliphatic heterocycles. The van der Waals surface area contributed by atoms with Crippen molar-refractivity contribution >= 4 is 5.91 Å². The van der Waals surface area contributed by atoms with Crippen LogP contribution >= 0.6 is 0 Å². The SMILES string of the molecule is CCO[C@H]1C[C@](CO)(NC(=O)c2ccoc2)C1(C)C. The Morgan fingerprint density at radius 1 is 1.63 bits per heavy atom. The Bertz CT molecular complexity index is 440. The van der Waals surface area contributed by atoms with Gasteiger partial charge in [-0.1, -0.05) is 13.8 Å². The summed E-state index contributed by atoms with van der Waals surface area (Å²) < 4.78 is 10.5. The summed E-state index contributed by atoms with van der Waals surface area (Å²) in [6.07, 6.45) is 3.52. The summed E-state index contributed by atoms with van der Waals surface area (Å²) >= 11 is 0. The molecule has 0 bridgehead atoms. The molecule has 0 unspecified atom stereocenters. The van der Waals surface area contributed by atoms with Gasteiger partial charge in [-0.25, -0.2) is 0 Å². The Morgan fingerprint density at radius 3 is 2.84 bits per heavy atom. The number of amides is 1. The Morgan fingerprint density at radius 2 is 2.37 bits per heavy atom. The van der Waals surface area contributed by atoms with E-state index >= 15 is 0 Å². The number of hydrogen-bond donors (Lipinski definition) is 2. The second-order valence-corrected chi connectivity index (χ2v) is 5.58. The van der Waals surface area contributed by atoms with Gasteiger partial charge in [0, 0.05) is 18.4 Å². The van der Waals surface area contributed by atoms with Gasteiger partial charge in [-0.15, -0.1) is 0 Å². The normalized spacial score (nSPS) is 28.7. The van der Waals surface area contributed by atoms with E-state index in [2.05, 4.69) is 5.32 Å². The Hall–Kier alpha value is -1.33. The number of hydrogen-bond acceptors (Lipinski definition) is 4. The number of nitrogens with one attached hydrogen (secondary N) is 1. The molecule has 1 heterocycles. The summed E-state index contributed by atoms with van der Waals surface area (Å²) in [5.74, 6) is -0.231. The van der Waals surface area contributed by atoms with Crippen molar-refractivity contribution in [1.82, 2.24) is 5.32 Å². The van der Waals surface area contributed by atoms with E-state index in [0.29, 0.717) is 18.6 Å². The number of carbonyl (C=O) groups is 1. The first kappa shape index (κ1) is 14.1. The van der Waals surface area contributed by atoms with Crippen molar-refractivity contribution in [2.75, 3.05) is 13.2 Å². The number of furan rings is 1. The molecule has 0 saturated heterocycles. The van der Waals surface area contributed by atoms with Gasteiger partial charge in [-0.3, -0.25) is 4.79 Å². The lowest BCUT2D eigenvalue weighted by atomic mass is 9.54. The highest BCUT2D eigenvalue weighted by atomic mass is 16.5. The van der Waals surface area contributed by atoms with Crippen molar-refractivity contribution in [2.24, 2.45) is 5.41 Å². The maximum absolute atomic E-state index is 12.1. The Balaban J connectivity index is 2.11. The molecule has 1 amide bonds. The van der Waals surface area contributed by atoms with Crippen LogP contribution in [-0.2, 0) is 4.74 Å². The molecule has 0 spiro atoms. The van der Waals surface area contributed by atoms with E-state index in [1.54, 1.807) is 6.07 Å². The topological polar surface area (TPSA) is 71.7 Å². The third kappa shape index (κ3) is 2.17. The first-order valence-electron chi connectivity index (χ1n) is 6.54. The molecule has 2 N–H and O–H groups in total. The van der Waals surface area contributed by atoms with Crippen molar-refractivity contribution in [3.8, 4) is 0 Å². The zero-order chi connectivity index (χ0) is 14.1. The summed E-state index contributed by atoms with van der Waals surface area (Å²) in [4.78, 5) is 12.1. The minimum Gasteiger partial charge on any atom is -0.472 e.